The second-order valence-corrected chi connectivity index (χ2v) is 3.64. The first-order chi connectivity index (χ1) is 7.68. The molecule has 82 valence electrons. The molecule has 0 aliphatic rings. The Kier molecular flexibility index (Phi) is 2.72. The lowest BCUT2D eigenvalue weighted by Crippen LogP contribution is -2.12. The molecule has 0 atom stereocenters. The van der Waals surface area contributed by atoms with E-state index in [1.807, 2.05) is 32.0 Å². The first-order valence-corrected chi connectivity index (χ1v) is 5.06. The third kappa shape index (κ3) is 1.95. The van der Waals surface area contributed by atoms with Crippen LogP contribution in [-0.2, 0) is 0 Å². The number of hydrogen-bond acceptors (Lipinski definition) is 2. The fourth-order valence-corrected chi connectivity index (χ4v) is 1.38. The lowest BCUT2D eigenvalue weighted by molar-refractivity contribution is 0.102. The summed E-state index contributed by atoms with van der Waals surface area (Å²) in [6.07, 6.45) is 0. The zero-order valence-electron chi connectivity index (χ0n) is 9.24. The van der Waals surface area contributed by atoms with Crippen LogP contribution in [0.1, 0.15) is 21.6 Å². The Morgan fingerprint density at radius 3 is 2.50 bits per heavy atom. The Balaban J connectivity index is 2.17. The topological polar surface area (TPSA) is 57.8 Å². The molecule has 0 bridgehead atoms. The number of aryl methyl sites for hydroxylation is 1. The lowest BCUT2D eigenvalue weighted by Gasteiger charge is -2.02. The number of amides is 1. The van der Waals surface area contributed by atoms with Gasteiger partial charge in [-0.2, -0.15) is 5.10 Å². The average molecular weight is 215 g/mol. The van der Waals surface area contributed by atoms with Gasteiger partial charge in [0.2, 0.25) is 0 Å². The van der Waals surface area contributed by atoms with Crippen LogP contribution in [-0.4, -0.2) is 16.1 Å². The maximum atomic E-state index is 11.8. The van der Waals surface area contributed by atoms with Crippen molar-refractivity contribution in [1.82, 2.24) is 10.2 Å². The number of hydrogen-bond donors (Lipinski definition) is 2. The van der Waals surface area contributed by atoms with Crippen LogP contribution in [0.2, 0.25) is 0 Å². The molecule has 1 aromatic heterocycles. The highest BCUT2D eigenvalue weighted by atomic mass is 16.1. The van der Waals surface area contributed by atoms with Crippen molar-refractivity contribution in [3.05, 3.63) is 47.2 Å². The number of rotatable bonds is 2. The van der Waals surface area contributed by atoms with Gasteiger partial charge < -0.3 is 5.32 Å². The maximum absolute atomic E-state index is 11.8. The highest BCUT2D eigenvalue weighted by molar-refractivity contribution is 6.04. The molecule has 0 aliphatic heterocycles. The normalized spacial score (nSPS) is 10.1. The van der Waals surface area contributed by atoms with E-state index in [0.717, 1.165) is 11.3 Å². The molecule has 2 rings (SSSR count). The summed E-state index contributed by atoms with van der Waals surface area (Å²) < 4.78 is 0. The number of carbonyl (C=O) groups is 1. The van der Waals surface area contributed by atoms with E-state index in [9.17, 15) is 4.79 Å². The molecule has 1 amide bonds. The van der Waals surface area contributed by atoms with Crippen molar-refractivity contribution in [2.45, 2.75) is 13.8 Å². The summed E-state index contributed by atoms with van der Waals surface area (Å²) in [7, 11) is 0. The molecule has 16 heavy (non-hydrogen) atoms. The van der Waals surface area contributed by atoms with Crippen molar-refractivity contribution in [1.29, 1.82) is 0 Å². The highest BCUT2D eigenvalue weighted by Crippen LogP contribution is 2.14. The van der Waals surface area contributed by atoms with Crippen molar-refractivity contribution in [2.75, 3.05) is 5.32 Å². The summed E-state index contributed by atoms with van der Waals surface area (Å²) in [5.74, 6) is 0.446. The van der Waals surface area contributed by atoms with Crippen LogP contribution in [0.4, 0.5) is 5.82 Å². The van der Waals surface area contributed by atoms with E-state index >= 15 is 0 Å². The third-order valence-electron chi connectivity index (χ3n) is 2.52. The van der Waals surface area contributed by atoms with E-state index in [4.69, 9.17) is 0 Å². The Hall–Kier alpha value is -2.10. The van der Waals surface area contributed by atoms with E-state index in [1.165, 1.54) is 0 Å². The van der Waals surface area contributed by atoms with Crippen LogP contribution in [0.3, 0.4) is 0 Å². The number of benzene rings is 1. The second-order valence-electron chi connectivity index (χ2n) is 3.64. The summed E-state index contributed by atoms with van der Waals surface area (Å²) in [6, 6.07) is 9.07. The summed E-state index contributed by atoms with van der Waals surface area (Å²) >= 11 is 0. The Morgan fingerprint density at radius 2 is 1.94 bits per heavy atom. The molecule has 4 heteroatoms. The number of carbonyl (C=O) groups excluding carboxylic acids is 1. The number of H-pyrrole nitrogens is 1. The zero-order valence-corrected chi connectivity index (χ0v) is 9.24. The van der Waals surface area contributed by atoms with Crippen molar-refractivity contribution in [3.8, 4) is 0 Å². The Labute approximate surface area is 93.7 Å². The van der Waals surface area contributed by atoms with Gasteiger partial charge in [0.1, 0.15) is 0 Å². The van der Waals surface area contributed by atoms with Crippen LogP contribution in [0.5, 0.6) is 0 Å². The molecule has 2 aromatic rings. The summed E-state index contributed by atoms with van der Waals surface area (Å²) in [5.41, 5.74) is 2.55. The average Bonchev–Trinajstić information content (AvgIpc) is 2.62. The first-order valence-electron chi connectivity index (χ1n) is 5.06. The van der Waals surface area contributed by atoms with Gasteiger partial charge in [-0.25, -0.2) is 0 Å². The predicted octanol–water partition coefficient (Wildman–Crippen LogP) is 2.28. The summed E-state index contributed by atoms with van der Waals surface area (Å²) in [5, 5.41) is 9.62. The molecule has 1 heterocycles. The summed E-state index contributed by atoms with van der Waals surface area (Å²) in [6.45, 7) is 3.83. The van der Waals surface area contributed by atoms with E-state index < -0.39 is 0 Å². The molecule has 0 saturated carbocycles. The van der Waals surface area contributed by atoms with Gasteiger partial charge in [-0.15, -0.1) is 0 Å². The molecule has 4 nitrogen and oxygen atoms in total. The van der Waals surface area contributed by atoms with Crippen LogP contribution in [0.15, 0.2) is 30.3 Å². The van der Waals surface area contributed by atoms with Gasteiger partial charge in [-0.05, 0) is 26.0 Å². The van der Waals surface area contributed by atoms with Crippen molar-refractivity contribution in [3.63, 3.8) is 0 Å². The number of aromatic amines is 1. The van der Waals surface area contributed by atoms with E-state index in [1.54, 1.807) is 12.1 Å². The standard InChI is InChI=1S/C12H13N3O/c1-8-9(2)14-15-11(8)13-12(16)10-6-4-3-5-7-10/h3-7H,1-2H3,(H2,13,14,15,16). The molecular formula is C12H13N3O. The van der Waals surface area contributed by atoms with Crippen molar-refractivity contribution >= 4 is 11.7 Å². The number of anilines is 1. The van der Waals surface area contributed by atoms with Crippen molar-refractivity contribution < 1.29 is 4.79 Å². The fraction of sp³-hybridized carbons (Fsp3) is 0.167. The van der Waals surface area contributed by atoms with Crippen LogP contribution < -0.4 is 5.32 Å². The molecule has 1 aromatic carbocycles. The molecule has 0 saturated heterocycles. The van der Waals surface area contributed by atoms with Gasteiger partial charge in [0.25, 0.3) is 5.91 Å². The van der Waals surface area contributed by atoms with Crippen LogP contribution in [0.25, 0.3) is 0 Å². The molecule has 2 N–H and O–H groups in total. The molecular weight excluding hydrogens is 202 g/mol. The SMILES string of the molecule is Cc1[nH]nc(NC(=O)c2ccccc2)c1C. The number of nitrogens with one attached hydrogen (secondary N) is 2. The minimum Gasteiger partial charge on any atom is -0.305 e. The first kappa shape index (κ1) is 10.4. The van der Waals surface area contributed by atoms with Gasteiger partial charge in [0.15, 0.2) is 5.82 Å². The Morgan fingerprint density at radius 1 is 1.25 bits per heavy atom. The molecule has 0 unspecified atom stereocenters. The largest absolute Gasteiger partial charge is 0.305 e. The fourth-order valence-electron chi connectivity index (χ4n) is 1.38. The van der Waals surface area contributed by atoms with Crippen LogP contribution in [0, 0.1) is 13.8 Å². The van der Waals surface area contributed by atoms with E-state index in [-0.39, 0.29) is 5.91 Å². The zero-order chi connectivity index (χ0) is 11.5. The van der Waals surface area contributed by atoms with Gasteiger partial charge in [-0.3, -0.25) is 9.89 Å². The second kappa shape index (κ2) is 4.18. The molecule has 0 spiro atoms. The third-order valence-corrected chi connectivity index (χ3v) is 2.52. The van der Waals surface area contributed by atoms with Crippen LogP contribution >= 0.6 is 0 Å². The minimum atomic E-state index is -0.143. The van der Waals surface area contributed by atoms with E-state index in [0.29, 0.717) is 11.4 Å². The monoisotopic (exact) mass is 215 g/mol. The van der Waals surface area contributed by atoms with Gasteiger partial charge in [0, 0.05) is 16.8 Å². The quantitative estimate of drug-likeness (QED) is 0.807. The maximum Gasteiger partial charge on any atom is 0.256 e. The summed E-state index contributed by atoms with van der Waals surface area (Å²) in [4.78, 5) is 11.8. The molecule has 0 fully saturated rings. The Bertz CT molecular complexity index is 502. The predicted molar refractivity (Wildman–Crippen MR) is 62.5 cm³/mol. The highest BCUT2D eigenvalue weighted by Gasteiger charge is 2.10. The number of aromatic nitrogens is 2. The van der Waals surface area contributed by atoms with Gasteiger partial charge >= 0.3 is 0 Å². The molecule has 0 aliphatic carbocycles. The smallest absolute Gasteiger partial charge is 0.256 e. The van der Waals surface area contributed by atoms with Gasteiger partial charge in [0.05, 0.1) is 0 Å². The lowest BCUT2D eigenvalue weighted by atomic mass is 10.2. The van der Waals surface area contributed by atoms with Gasteiger partial charge in [-0.1, -0.05) is 18.2 Å². The minimum absolute atomic E-state index is 0.143. The van der Waals surface area contributed by atoms with E-state index in [2.05, 4.69) is 15.5 Å². The van der Waals surface area contributed by atoms with Crippen molar-refractivity contribution in [2.24, 2.45) is 0 Å². The molecule has 0 radical (unpaired) electrons. The number of nitrogens with zero attached hydrogens (tertiary/aromatic N) is 1.